The van der Waals surface area contributed by atoms with Gasteiger partial charge >= 0.3 is 0 Å². The van der Waals surface area contributed by atoms with Crippen molar-refractivity contribution in [3.05, 3.63) is 23.8 Å². The zero-order chi connectivity index (χ0) is 13.9. The molecule has 0 aliphatic carbocycles. The molecule has 0 saturated carbocycles. The lowest BCUT2D eigenvalue weighted by Gasteiger charge is -2.14. The van der Waals surface area contributed by atoms with Crippen LogP contribution in [-0.2, 0) is 14.8 Å². The monoisotopic (exact) mass is 272 g/mol. The fourth-order valence-corrected chi connectivity index (χ4v) is 2.81. The van der Waals surface area contributed by atoms with Crippen LogP contribution < -0.4 is 15.2 Å². The van der Waals surface area contributed by atoms with Crippen molar-refractivity contribution in [3.63, 3.8) is 0 Å². The van der Waals surface area contributed by atoms with Crippen LogP contribution in [0.15, 0.2) is 23.1 Å². The molecule has 6 nitrogen and oxygen atoms in total. The molecule has 3 N–H and O–H groups in total. The van der Waals surface area contributed by atoms with E-state index in [1.54, 1.807) is 19.1 Å². The molecule has 0 bridgehead atoms. The lowest BCUT2D eigenvalue weighted by Crippen LogP contribution is -2.42. The number of carbonyl (C=O) groups is 1. The van der Waals surface area contributed by atoms with E-state index < -0.39 is 22.0 Å². The van der Waals surface area contributed by atoms with E-state index >= 15 is 0 Å². The van der Waals surface area contributed by atoms with Crippen molar-refractivity contribution >= 4 is 15.9 Å². The Balaban J connectivity index is 3.19. The maximum absolute atomic E-state index is 12.1. The molecule has 0 fully saturated rings. The number of methoxy groups -OCH3 is 1. The van der Waals surface area contributed by atoms with Crippen LogP contribution in [0.2, 0.25) is 0 Å². The number of benzene rings is 1. The van der Waals surface area contributed by atoms with Gasteiger partial charge in [-0.2, -0.15) is 4.72 Å². The molecule has 1 rings (SSSR count). The van der Waals surface area contributed by atoms with Crippen molar-refractivity contribution in [2.45, 2.75) is 24.8 Å². The van der Waals surface area contributed by atoms with Gasteiger partial charge in [0.2, 0.25) is 15.9 Å². The summed E-state index contributed by atoms with van der Waals surface area (Å²) in [5.41, 5.74) is 5.79. The van der Waals surface area contributed by atoms with Crippen LogP contribution in [0, 0.1) is 6.92 Å². The van der Waals surface area contributed by atoms with Gasteiger partial charge in [-0.3, -0.25) is 4.79 Å². The summed E-state index contributed by atoms with van der Waals surface area (Å²) in [6.45, 7) is 3.14. The second kappa shape index (κ2) is 5.36. The van der Waals surface area contributed by atoms with Crippen LogP contribution in [0.5, 0.6) is 5.75 Å². The Labute approximate surface area is 106 Å². The highest BCUT2D eigenvalue weighted by atomic mass is 32.2. The summed E-state index contributed by atoms with van der Waals surface area (Å²) in [6.07, 6.45) is 0. The Morgan fingerprint density at radius 2 is 2.06 bits per heavy atom. The third-order valence-electron chi connectivity index (χ3n) is 2.37. The molecular weight excluding hydrogens is 256 g/mol. The smallest absolute Gasteiger partial charge is 0.244 e. The van der Waals surface area contributed by atoms with Gasteiger partial charge in [-0.1, -0.05) is 6.07 Å². The van der Waals surface area contributed by atoms with E-state index in [0.29, 0.717) is 0 Å². The molecule has 1 aromatic rings. The van der Waals surface area contributed by atoms with Gasteiger partial charge in [0, 0.05) is 0 Å². The van der Waals surface area contributed by atoms with E-state index in [4.69, 9.17) is 10.5 Å². The Hall–Kier alpha value is -1.60. The SMILES string of the molecule is COc1ccc(C)cc1S(=O)(=O)N[C@H](C)C(N)=O. The highest BCUT2D eigenvalue weighted by molar-refractivity contribution is 7.89. The number of rotatable bonds is 5. The Morgan fingerprint density at radius 1 is 1.44 bits per heavy atom. The third kappa shape index (κ3) is 3.21. The van der Waals surface area contributed by atoms with Crippen molar-refractivity contribution in [1.29, 1.82) is 0 Å². The predicted molar refractivity (Wildman–Crippen MR) is 66.7 cm³/mol. The zero-order valence-electron chi connectivity index (χ0n) is 10.4. The van der Waals surface area contributed by atoms with Crippen LogP contribution in [0.3, 0.4) is 0 Å². The molecule has 1 aromatic carbocycles. The molecule has 18 heavy (non-hydrogen) atoms. The summed E-state index contributed by atoms with van der Waals surface area (Å²) < 4.78 is 31.3. The highest BCUT2D eigenvalue weighted by Gasteiger charge is 2.23. The minimum Gasteiger partial charge on any atom is -0.495 e. The topological polar surface area (TPSA) is 98.5 Å². The average molecular weight is 272 g/mol. The van der Waals surface area contributed by atoms with Gasteiger partial charge in [-0.15, -0.1) is 0 Å². The molecule has 0 aliphatic heterocycles. The largest absolute Gasteiger partial charge is 0.495 e. The van der Waals surface area contributed by atoms with Crippen LogP contribution in [0.1, 0.15) is 12.5 Å². The lowest BCUT2D eigenvalue weighted by atomic mass is 10.2. The van der Waals surface area contributed by atoms with E-state index in [9.17, 15) is 13.2 Å². The summed E-state index contributed by atoms with van der Waals surface area (Å²) in [4.78, 5) is 10.9. The highest BCUT2D eigenvalue weighted by Crippen LogP contribution is 2.24. The van der Waals surface area contributed by atoms with E-state index in [0.717, 1.165) is 5.56 Å². The second-order valence-electron chi connectivity index (χ2n) is 3.90. The van der Waals surface area contributed by atoms with E-state index in [1.165, 1.54) is 20.1 Å². The van der Waals surface area contributed by atoms with Gasteiger partial charge in [0.1, 0.15) is 10.6 Å². The molecule has 0 heterocycles. The first-order valence-corrected chi connectivity index (χ1v) is 6.72. The van der Waals surface area contributed by atoms with Crippen LogP contribution in [0.4, 0.5) is 0 Å². The molecule has 0 saturated heterocycles. The summed E-state index contributed by atoms with van der Waals surface area (Å²) in [7, 11) is -2.47. The molecule has 0 radical (unpaired) electrons. The zero-order valence-corrected chi connectivity index (χ0v) is 11.2. The third-order valence-corrected chi connectivity index (χ3v) is 3.93. The van der Waals surface area contributed by atoms with Gasteiger partial charge < -0.3 is 10.5 Å². The van der Waals surface area contributed by atoms with Crippen molar-refractivity contribution in [3.8, 4) is 5.75 Å². The summed E-state index contributed by atoms with van der Waals surface area (Å²) in [6, 6.07) is 3.77. The number of sulfonamides is 1. The first-order chi connectivity index (χ1) is 8.27. The van der Waals surface area contributed by atoms with Gasteiger partial charge in [0.15, 0.2) is 0 Å². The van der Waals surface area contributed by atoms with Gasteiger partial charge in [-0.25, -0.2) is 8.42 Å². The first-order valence-electron chi connectivity index (χ1n) is 5.24. The standard InChI is InChI=1S/C11H16N2O4S/c1-7-4-5-9(17-3)10(6-7)18(15,16)13-8(2)11(12)14/h4-6,8,13H,1-3H3,(H2,12,14)/t8-/m1/s1. The Morgan fingerprint density at radius 3 is 2.56 bits per heavy atom. The number of aryl methyl sites for hydroxylation is 1. The summed E-state index contributed by atoms with van der Waals surface area (Å²) >= 11 is 0. The maximum Gasteiger partial charge on any atom is 0.244 e. The molecule has 1 amide bonds. The number of nitrogens with two attached hydrogens (primary N) is 1. The van der Waals surface area contributed by atoms with Crippen LogP contribution in [0.25, 0.3) is 0 Å². The van der Waals surface area contributed by atoms with Crippen LogP contribution in [-0.4, -0.2) is 27.5 Å². The van der Waals surface area contributed by atoms with E-state index in [1.807, 2.05) is 0 Å². The number of primary amides is 1. The van der Waals surface area contributed by atoms with Crippen LogP contribution >= 0.6 is 0 Å². The van der Waals surface area contributed by atoms with E-state index in [-0.39, 0.29) is 10.6 Å². The van der Waals surface area contributed by atoms with Crippen molar-refractivity contribution in [2.75, 3.05) is 7.11 Å². The second-order valence-corrected chi connectivity index (χ2v) is 5.58. The number of hydrogen-bond donors (Lipinski definition) is 2. The molecule has 0 spiro atoms. The molecule has 7 heteroatoms. The minimum absolute atomic E-state index is 0.0156. The minimum atomic E-state index is -3.85. The molecule has 100 valence electrons. The summed E-state index contributed by atoms with van der Waals surface area (Å²) in [5.74, 6) is -0.532. The molecule has 0 aliphatic rings. The average Bonchev–Trinajstić information content (AvgIpc) is 2.28. The molecule has 1 atom stereocenters. The Bertz CT molecular complexity index is 554. The predicted octanol–water partition coefficient (Wildman–Crippen LogP) is 0.156. The normalized spacial score (nSPS) is 13.1. The van der Waals surface area contributed by atoms with Crippen molar-refractivity contribution in [2.24, 2.45) is 5.73 Å². The lowest BCUT2D eigenvalue weighted by molar-refractivity contribution is -0.119. The van der Waals surface area contributed by atoms with Gasteiger partial charge in [0.25, 0.3) is 0 Å². The van der Waals surface area contributed by atoms with Gasteiger partial charge in [0.05, 0.1) is 13.2 Å². The van der Waals surface area contributed by atoms with Crippen molar-refractivity contribution < 1.29 is 17.9 Å². The fourth-order valence-electron chi connectivity index (χ4n) is 1.35. The number of amides is 1. The quantitative estimate of drug-likeness (QED) is 0.797. The number of carbonyl (C=O) groups excluding carboxylic acids is 1. The fraction of sp³-hybridized carbons (Fsp3) is 0.364. The molecule has 0 unspecified atom stereocenters. The van der Waals surface area contributed by atoms with Gasteiger partial charge in [-0.05, 0) is 31.5 Å². The van der Waals surface area contributed by atoms with E-state index in [2.05, 4.69) is 4.72 Å². The number of nitrogens with one attached hydrogen (secondary N) is 1. The number of ether oxygens (including phenoxy) is 1. The molecular formula is C11H16N2O4S. The first kappa shape index (κ1) is 14.5. The maximum atomic E-state index is 12.1. The van der Waals surface area contributed by atoms with Crippen molar-refractivity contribution in [1.82, 2.24) is 4.72 Å². The molecule has 0 aromatic heterocycles. The summed E-state index contributed by atoms with van der Waals surface area (Å²) in [5, 5.41) is 0. The number of hydrogen-bond acceptors (Lipinski definition) is 4. The Kier molecular flexibility index (Phi) is 4.31.